The number of carbonyl (C=O) groups excluding carboxylic acids is 1. The summed E-state index contributed by atoms with van der Waals surface area (Å²) in [6, 6.07) is 5.50. The molecule has 1 aromatic carbocycles. The van der Waals surface area contributed by atoms with Crippen molar-refractivity contribution >= 4 is 11.6 Å². The number of ether oxygens (including phenoxy) is 1. The smallest absolute Gasteiger partial charge is 0.225 e. The van der Waals surface area contributed by atoms with Gasteiger partial charge in [0.05, 0.1) is 13.0 Å². The number of benzene rings is 1. The van der Waals surface area contributed by atoms with Crippen molar-refractivity contribution in [1.82, 2.24) is 4.90 Å². The predicted molar refractivity (Wildman–Crippen MR) is 64.4 cm³/mol. The van der Waals surface area contributed by atoms with Gasteiger partial charge in [-0.1, -0.05) is 6.07 Å². The largest absolute Gasteiger partial charge is 0.493 e. The van der Waals surface area contributed by atoms with E-state index in [4.69, 9.17) is 10.5 Å². The molecule has 4 nitrogen and oxygen atoms in total. The zero-order valence-corrected chi connectivity index (χ0v) is 9.99. The van der Waals surface area contributed by atoms with Gasteiger partial charge in [-0.15, -0.1) is 0 Å². The molecule has 0 atom stereocenters. The summed E-state index contributed by atoms with van der Waals surface area (Å²) in [6.45, 7) is 2.32. The van der Waals surface area contributed by atoms with E-state index >= 15 is 0 Å². The van der Waals surface area contributed by atoms with Crippen molar-refractivity contribution in [2.24, 2.45) is 0 Å². The van der Waals surface area contributed by atoms with E-state index < -0.39 is 0 Å². The summed E-state index contributed by atoms with van der Waals surface area (Å²) in [4.78, 5) is 12.9. The van der Waals surface area contributed by atoms with Gasteiger partial charge < -0.3 is 15.4 Å². The fraction of sp³-hybridized carbons (Fsp3) is 0.417. The van der Waals surface area contributed by atoms with E-state index in [1.807, 2.05) is 19.1 Å². The van der Waals surface area contributed by atoms with Gasteiger partial charge in [0, 0.05) is 25.8 Å². The number of hydrogen-bond acceptors (Lipinski definition) is 3. The molecule has 0 saturated heterocycles. The van der Waals surface area contributed by atoms with Gasteiger partial charge in [-0.2, -0.15) is 0 Å². The maximum atomic E-state index is 11.3. The van der Waals surface area contributed by atoms with Gasteiger partial charge in [0.25, 0.3) is 0 Å². The second-order valence-electron chi connectivity index (χ2n) is 3.91. The van der Waals surface area contributed by atoms with Gasteiger partial charge in [-0.05, 0) is 18.6 Å². The van der Waals surface area contributed by atoms with E-state index in [-0.39, 0.29) is 5.91 Å². The third-order valence-electron chi connectivity index (χ3n) is 2.28. The Morgan fingerprint density at radius 1 is 1.44 bits per heavy atom. The van der Waals surface area contributed by atoms with Gasteiger partial charge in [-0.3, -0.25) is 4.79 Å². The fourth-order valence-corrected chi connectivity index (χ4v) is 1.24. The van der Waals surface area contributed by atoms with E-state index in [0.29, 0.717) is 18.7 Å². The molecule has 2 N–H and O–H groups in total. The van der Waals surface area contributed by atoms with Crippen LogP contribution in [-0.2, 0) is 4.79 Å². The SMILES string of the molecule is Cc1ccc(N)cc1OCCC(=O)N(C)C. The third-order valence-corrected chi connectivity index (χ3v) is 2.28. The molecule has 0 aliphatic carbocycles. The highest BCUT2D eigenvalue weighted by atomic mass is 16.5. The van der Waals surface area contributed by atoms with Crippen LogP contribution in [0.1, 0.15) is 12.0 Å². The molecule has 1 rings (SSSR count). The van der Waals surface area contributed by atoms with Crippen molar-refractivity contribution in [1.29, 1.82) is 0 Å². The number of nitrogens with zero attached hydrogens (tertiary/aromatic N) is 1. The average molecular weight is 222 g/mol. The van der Waals surface area contributed by atoms with Crippen molar-refractivity contribution in [2.45, 2.75) is 13.3 Å². The summed E-state index contributed by atoms with van der Waals surface area (Å²) in [5.74, 6) is 0.799. The van der Waals surface area contributed by atoms with Crippen LogP contribution >= 0.6 is 0 Å². The van der Waals surface area contributed by atoms with E-state index in [9.17, 15) is 4.79 Å². The number of rotatable bonds is 4. The molecular formula is C12H18N2O2. The zero-order valence-electron chi connectivity index (χ0n) is 9.99. The minimum atomic E-state index is 0.0570. The zero-order chi connectivity index (χ0) is 12.1. The Morgan fingerprint density at radius 2 is 2.12 bits per heavy atom. The highest BCUT2D eigenvalue weighted by Crippen LogP contribution is 2.20. The highest BCUT2D eigenvalue weighted by molar-refractivity contribution is 5.75. The van der Waals surface area contributed by atoms with Crippen molar-refractivity contribution in [3.8, 4) is 5.75 Å². The molecule has 0 fully saturated rings. The van der Waals surface area contributed by atoms with Crippen LogP contribution in [0.15, 0.2) is 18.2 Å². The second kappa shape index (κ2) is 5.39. The first-order valence-corrected chi connectivity index (χ1v) is 5.20. The fourth-order valence-electron chi connectivity index (χ4n) is 1.24. The first-order chi connectivity index (χ1) is 7.50. The Morgan fingerprint density at radius 3 is 2.75 bits per heavy atom. The summed E-state index contributed by atoms with van der Waals surface area (Å²) in [5, 5.41) is 0. The summed E-state index contributed by atoms with van der Waals surface area (Å²) >= 11 is 0. The van der Waals surface area contributed by atoms with Crippen molar-refractivity contribution < 1.29 is 9.53 Å². The molecule has 4 heteroatoms. The molecule has 0 aromatic heterocycles. The number of carbonyl (C=O) groups is 1. The molecule has 16 heavy (non-hydrogen) atoms. The molecule has 0 radical (unpaired) electrons. The lowest BCUT2D eigenvalue weighted by Gasteiger charge is -2.12. The minimum absolute atomic E-state index is 0.0570. The van der Waals surface area contributed by atoms with Gasteiger partial charge >= 0.3 is 0 Å². The number of nitrogen functional groups attached to an aromatic ring is 1. The van der Waals surface area contributed by atoms with Gasteiger partial charge in [0.2, 0.25) is 5.91 Å². The minimum Gasteiger partial charge on any atom is -0.493 e. The molecule has 0 aliphatic rings. The number of amides is 1. The number of aryl methyl sites for hydroxylation is 1. The topological polar surface area (TPSA) is 55.6 Å². The number of hydrogen-bond donors (Lipinski definition) is 1. The lowest BCUT2D eigenvalue weighted by atomic mass is 10.2. The van der Waals surface area contributed by atoms with Crippen molar-refractivity contribution in [3.05, 3.63) is 23.8 Å². The van der Waals surface area contributed by atoms with Gasteiger partial charge in [0.1, 0.15) is 5.75 Å². The molecule has 0 heterocycles. The van der Waals surface area contributed by atoms with E-state index in [1.54, 1.807) is 25.1 Å². The number of anilines is 1. The Balaban J connectivity index is 2.49. The molecule has 0 bridgehead atoms. The van der Waals surface area contributed by atoms with Crippen LogP contribution in [0.25, 0.3) is 0 Å². The van der Waals surface area contributed by atoms with E-state index in [0.717, 1.165) is 11.3 Å². The van der Waals surface area contributed by atoms with Crippen LogP contribution in [0.2, 0.25) is 0 Å². The molecule has 0 saturated carbocycles. The van der Waals surface area contributed by atoms with Crippen LogP contribution in [0.3, 0.4) is 0 Å². The normalized spacial score (nSPS) is 9.94. The Hall–Kier alpha value is -1.71. The molecule has 1 amide bonds. The molecular weight excluding hydrogens is 204 g/mol. The summed E-state index contributed by atoms with van der Waals surface area (Å²) in [7, 11) is 3.46. The summed E-state index contributed by atoms with van der Waals surface area (Å²) in [5.41, 5.74) is 7.34. The standard InChI is InChI=1S/C12H18N2O2/c1-9-4-5-10(13)8-11(9)16-7-6-12(15)14(2)3/h4-5,8H,6-7,13H2,1-3H3. The molecule has 1 aromatic rings. The van der Waals surface area contributed by atoms with E-state index in [1.165, 1.54) is 0 Å². The molecule has 0 spiro atoms. The Labute approximate surface area is 96.0 Å². The monoisotopic (exact) mass is 222 g/mol. The lowest BCUT2D eigenvalue weighted by molar-refractivity contribution is -0.129. The Kier molecular flexibility index (Phi) is 4.17. The Bertz CT molecular complexity index is 375. The van der Waals surface area contributed by atoms with Gasteiger partial charge in [0.15, 0.2) is 0 Å². The third kappa shape index (κ3) is 3.46. The molecule has 88 valence electrons. The van der Waals surface area contributed by atoms with Crippen LogP contribution in [0, 0.1) is 6.92 Å². The quantitative estimate of drug-likeness (QED) is 0.784. The van der Waals surface area contributed by atoms with E-state index in [2.05, 4.69) is 0 Å². The van der Waals surface area contributed by atoms with Crippen molar-refractivity contribution in [3.63, 3.8) is 0 Å². The maximum absolute atomic E-state index is 11.3. The summed E-state index contributed by atoms with van der Waals surface area (Å²) < 4.78 is 5.51. The van der Waals surface area contributed by atoms with Crippen LogP contribution < -0.4 is 10.5 Å². The first kappa shape index (κ1) is 12.4. The second-order valence-corrected chi connectivity index (χ2v) is 3.91. The predicted octanol–water partition coefficient (Wildman–Crippen LogP) is 1.43. The molecule has 0 unspecified atom stereocenters. The lowest BCUT2D eigenvalue weighted by Crippen LogP contribution is -2.23. The maximum Gasteiger partial charge on any atom is 0.225 e. The molecule has 0 aliphatic heterocycles. The highest BCUT2D eigenvalue weighted by Gasteiger charge is 2.05. The first-order valence-electron chi connectivity index (χ1n) is 5.20. The van der Waals surface area contributed by atoms with Crippen LogP contribution in [-0.4, -0.2) is 31.5 Å². The van der Waals surface area contributed by atoms with Crippen LogP contribution in [0.5, 0.6) is 5.75 Å². The van der Waals surface area contributed by atoms with Crippen LogP contribution in [0.4, 0.5) is 5.69 Å². The van der Waals surface area contributed by atoms with Gasteiger partial charge in [-0.25, -0.2) is 0 Å². The average Bonchev–Trinajstić information content (AvgIpc) is 2.22. The number of nitrogens with two attached hydrogens (primary N) is 1. The van der Waals surface area contributed by atoms with Crippen molar-refractivity contribution in [2.75, 3.05) is 26.4 Å². The summed E-state index contributed by atoms with van der Waals surface area (Å²) in [6.07, 6.45) is 0.376.